The van der Waals surface area contributed by atoms with Crippen LogP contribution in [0.2, 0.25) is 0 Å². The van der Waals surface area contributed by atoms with Crippen LogP contribution in [0.5, 0.6) is 0 Å². The molecule has 1 aliphatic heterocycles. The first-order chi connectivity index (χ1) is 10.5. The van der Waals surface area contributed by atoms with E-state index in [1.165, 1.54) is 6.26 Å². The fourth-order valence-electron chi connectivity index (χ4n) is 1.78. The van der Waals surface area contributed by atoms with Crippen LogP contribution in [0.15, 0.2) is 4.40 Å². The molecule has 13 heteroatoms. The lowest BCUT2D eigenvalue weighted by Crippen LogP contribution is -2.57. The lowest BCUT2D eigenvalue weighted by Gasteiger charge is -2.39. The van der Waals surface area contributed by atoms with E-state index >= 15 is 0 Å². The van der Waals surface area contributed by atoms with Gasteiger partial charge in [0.15, 0.2) is 0 Å². The number of ether oxygens (including phenoxy) is 1. The topological polar surface area (TPSA) is 174 Å². The summed E-state index contributed by atoms with van der Waals surface area (Å²) in [7, 11) is -5.97. The fraction of sp³-hybridized carbons (Fsp3) is 0.900. The third kappa shape index (κ3) is 6.72. The Hall–Kier alpha value is -0.120. The first-order valence-electron chi connectivity index (χ1n) is 6.38. The van der Waals surface area contributed by atoms with Crippen LogP contribution in [-0.4, -0.2) is 91.1 Å². The van der Waals surface area contributed by atoms with Gasteiger partial charge in [-0.15, -0.1) is 4.40 Å². The maximum absolute atomic E-state index is 11.1. The largest absolute Gasteiger partial charge is 0.394 e. The summed E-state index contributed by atoms with van der Waals surface area (Å²) in [5, 5.41) is 38.1. The van der Waals surface area contributed by atoms with Crippen LogP contribution < -0.4 is 0 Å². The van der Waals surface area contributed by atoms with E-state index in [2.05, 4.69) is 4.40 Å². The van der Waals surface area contributed by atoms with Crippen molar-refractivity contribution in [3.05, 3.63) is 0 Å². The average Bonchev–Trinajstić information content (AvgIpc) is 2.43. The Labute approximate surface area is 139 Å². The van der Waals surface area contributed by atoms with Crippen molar-refractivity contribution in [3.63, 3.8) is 0 Å². The monoisotopic (exact) mass is 393 g/mol. The zero-order valence-corrected chi connectivity index (χ0v) is 14.5. The van der Waals surface area contributed by atoms with E-state index in [0.29, 0.717) is 11.8 Å². The third-order valence-corrected chi connectivity index (χ3v) is 5.46. The smallest absolute Gasteiger partial charge is 0.379 e. The minimum absolute atomic E-state index is 0.0543. The van der Waals surface area contributed by atoms with Gasteiger partial charge in [0, 0.05) is 29.2 Å². The number of rotatable bonds is 6. The molecule has 10 nitrogen and oxygen atoms in total. The van der Waals surface area contributed by atoms with Crippen LogP contribution in [-0.2, 0) is 25.8 Å². The Morgan fingerprint density at radius 2 is 1.87 bits per heavy atom. The predicted molar refractivity (Wildman–Crippen MR) is 83.9 cm³/mol. The van der Waals surface area contributed by atoms with Gasteiger partial charge in [0.05, 0.1) is 11.7 Å². The molecule has 0 aliphatic carbocycles. The SMILES string of the molecule is CS(=O)CC/C(=N\S(=O)(=O)O)S[C@@H]1O[C@H](CO)[C@@H](O)[C@H](O)[C@H]1O. The average molecular weight is 393 g/mol. The summed E-state index contributed by atoms with van der Waals surface area (Å²) in [5.41, 5.74) is -1.24. The molecule has 1 fully saturated rings. The predicted octanol–water partition coefficient (Wildman–Crippen LogP) is -2.51. The highest BCUT2D eigenvalue weighted by Crippen LogP contribution is 2.30. The van der Waals surface area contributed by atoms with Crippen molar-refractivity contribution in [3.8, 4) is 0 Å². The van der Waals surface area contributed by atoms with Crippen LogP contribution >= 0.6 is 11.8 Å². The van der Waals surface area contributed by atoms with Gasteiger partial charge >= 0.3 is 10.3 Å². The Morgan fingerprint density at radius 3 is 2.35 bits per heavy atom. The van der Waals surface area contributed by atoms with Crippen LogP contribution in [0.25, 0.3) is 0 Å². The van der Waals surface area contributed by atoms with E-state index < -0.39 is 57.6 Å². The molecule has 0 aromatic heterocycles. The molecule has 136 valence electrons. The second kappa shape index (κ2) is 8.82. The third-order valence-electron chi connectivity index (χ3n) is 2.92. The highest BCUT2D eigenvalue weighted by Gasteiger charge is 2.44. The molecule has 23 heavy (non-hydrogen) atoms. The zero-order chi connectivity index (χ0) is 17.8. The maximum Gasteiger partial charge on any atom is 0.379 e. The van der Waals surface area contributed by atoms with E-state index in [0.717, 1.165) is 0 Å². The Bertz CT molecular complexity index is 550. The normalized spacial score (nSPS) is 34.3. The molecule has 1 unspecified atom stereocenters. The summed E-state index contributed by atoms with van der Waals surface area (Å²) in [4.78, 5) is 0. The molecular weight excluding hydrogens is 374 g/mol. The number of hydrogen-bond donors (Lipinski definition) is 5. The van der Waals surface area contributed by atoms with Crippen LogP contribution in [0.1, 0.15) is 6.42 Å². The first kappa shape index (κ1) is 20.9. The van der Waals surface area contributed by atoms with Gasteiger partial charge < -0.3 is 25.2 Å². The Morgan fingerprint density at radius 1 is 1.26 bits per heavy atom. The van der Waals surface area contributed by atoms with Gasteiger partial charge in [-0.2, -0.15) is 8.42 Å². The lowest BCUT2D eigenvalue weighted by atomic mass is 10.0. The molecule has 0 aromatic carbocycles. The van der Waals surface area contributed by atoms with Crippen molar-refractivity contribution in [1.82, 2.24) is 0 Å². The number of nitrogens with zero attached hydrogens (tertiary/aromatic N) is 1. The molecule has 0 radical (unpaired) electrons. The van der Waals surface area contributed by atoms with Gasteiger partial charge in [0.25, 0.3) is 0 Å². The number of aliphatic hydroxyl groups excluding tert-OH is 4. The summed E-state index contributed by atoms with van der Waals surface area (Å²) >= 11 is 0.589. The standard InChI is InChI=1S/C10H19NO9S3/c1-22(16)3-2-6(11-23(17,18)19)21-10-9(15)8(14)7(13)5(4-12)20-10/h5,7-10,12-15H,2-4H2,1H3,(H,17,18,19)/b11-6+/t5-,7-,8+,9-,10+,22?/m1/s1. The number of hydrogen-bond acceptors (Lipinski definition) is 9. The van der Waals surface area contributed by atoms with Crippen molar-refractivity contribution < 1.29 is 42.3 Å². The second-order valence-electron chi connectivity index (χ2n) is 4.78. The van der Waals surface area contributed by atoms with E-state index in [-0.39, 0.29) is 17.2 Å². The van der Waals surface area contributed by atoms with Gasteiger partial charge in [-0.1, -0.05) is 11.8 Å². The summed E-state index contributed by atoms with van der Waals surface area (Å²) < 4.78 is 50.0. The molecule has 1 heterocycles. The van der Waals surface area contributed by atoms with Crippen LogP contribution in [0, 0.1) is 0 Å². The molecule has 0 amide bonds. The van der Waals surface area contributed by atoms with E-state index in [1.54, 1.807) is 0 Å². The number of aliphatic hydroxyl groups is 4. The Kier molecular flexibility index (Phi) is 8.03. The molecular formula is C10H19NO9S3. The molecule has 1 rings (SSSR count). The van der Waals surface area contributed by atoms with Crippen molar-refractivity contribution in [1.29, 1.82) is 0 Å². The molecule has 6 atom stereocenters. The zero-order valence-electron chi connectivity index (χ0n) is 12.0. The van der Waals surface area contributed by atoms with Crippen molar-refractivity contribution >= 4 is 37.9 Å². The van der Waals surface area contributed by atoms with Crippen LogP contribution in [0.4, 0.5) is 0 Å². The summed E-state index contributed by atoms with van der Waals surface area (Å²) in [6, 6.07) is 0. The van der Waals surface area contributed by atoms with E-state index in [4.69, 9.17) is 14.4 Å². The van der Waals surface area contributed by atoms with Crippen LogP contribution in [0.3, 0.4) is 0 Å². The van der Waals surface area contributed by atoms with Gasteiger partial charge in [-0.3, -0.25) is 8.76 Å². The molecule has 0 saturated carbocycles. The molecule has 1 aliphatic rings. The molecule has 0 spiro atoms. The van der Waals surface area contributed by atoms with Gasteiger partial charge in [0.2, 0.25) is 0 Å². The lowest BCUT2D eigenvalue weighted by molar-refractivity contribution is -0.205. The van der Waals surface area contributed by atoms with Crippen molar-refractivity contribution in [2.45, 2.75) is 36.3 Å². The minimum atomic E-state index is -4.71. The van der Waals surface area contributed by atoms with Crippen molar-refractivity contribution in [2.75, 3.05) is 18.6 Å². The Balaban J connectivity index is 2.93. The molecule has 1 saturated heterocycles. The molecule has 5 N–H and O–H groups in total. The second-order valence-corrected chi connectivity index (χ2v) is 8.58. The summed E-state index contributed by atoms with van der Waals surface area (Å²) in [6.45, 7) is -0.633. The fourth-order valence-corrected chi connectivity index (χ4v) is 4.18. The first-order valence-corrected chi connectivity index (χ1v) is 10.4. The minimum Gasteiger partial charge on any atom is -0.394 e. The quantitative estimate of drug-likeness (QED) is 0.184. The van der Waals surface area contributed by atoms with Gasteiger partial charge in [-0.25, -0.2) is 0 Å². The molecule has 0 bridgehead atoms. The van der Waals surface area contributed by atoms with Gasteiger partial charge in [0.1, 0.15) is 29.9 Å². The van der Waals surface area contributed by atoms with E-state index in [1.807, 2.05) is 0 Å². The summed E-state index contributed by atoms with van der Waals surface area (Å²) in [5.74, 6) is 0.0543. The number of thioether (sulfide) groups is 1. The van der Waals surface area contributed by atoms with E-state index in [9.17, 15) is 27.9 Å². The maximum atomic E-state index is 11.1. The van der Waals surface area contributed by atoms with Gasteiger partial charge in [-0.05, 0) is 0 Å². The summed E-state index contributed by atoms with van der Waals surface area (Å²) in [6.07, 6.45) is -4.59. The van der Waals surface area contributed by atoms with Crippen molar-refractivity contribution in [2.24, 2.45) is 4.40 Å². The highest BCUT2D eigenvalue weighted by atomic mass is 32.2. The molecule has 0 aromatic rings. The highest BCUT2D eigenvalue weighted by molar-refractivity contribution is 8.14.